The minimum Gasteiger partial charge on any atom is -0.359 e. The van der Waals surface area contributed by atoms with Gasteiger partial charge in [-0.3, -0.25) is 20.0 Å². The van der Waals surface area contributed by atoms with Crippen molar-refractivity contribution in [1.82, 2.24) is 39.9 Å². The zero-order valence-corrected chi connectivity index (χ0v) is 70.0. The molecule has 6 aliphatic rings. The molecule has 0 atom stereocenters. The molecular weight excluding hydrogens is 1510 g/mol. The summed E-state index contributed by atoms with van der Waals surface area (Å²) in [5.41, 5.74) is 48.3. The molecule has 0 unspecified atom stereocenters. The van der Waals surface area contributed by atoms with Gasteiger partial charge in [-0.25, -0.2) is 9.97 Å². The van der Waals surface area contributed by atoms with Crippen molar-refractivity contribution in [2.45, 2.75) is 55.4 Å². The van der Waals surface area contributed by atoms with Gasteiger partial charge < -0.3 is 29.9 Å². The van der Waals surface area contributed by atoms with Gasteiger partial charge >= 0.3 is 0 Å². The number of fused-ring (bicyclic) bond motifs is 8. The molecule has 12 heteroatoms. The minimum absolute atomic E-state index is 0.815. The average Bonchev–Trinajstić information content (AvgIpc) is 1.60. The quantitative estimate of drug-likeness (QED) is 0.0567. The highest BCUT2D eigenvalue weighted by Crippen LogP contribution is 2.44. The van der Waals surface area contributed by atoms with Gasteiger partial charge in [-0.15, -0.1) is 0 Å². The predicted octanol–water partition coefficient (Wildman–Crippen LogP) is 27.7. The van der Waals surface area contributed by atoms with E-state index in [-0.39, 0.29) is 0 Å². The molecule has 21 rings (SSSR count). The van der Waals surface area contributed by atoms with Gasteiger partial charge in [0, 0.05) is 135 Å². The second-order valence-electron chi connectivity index (χ2n) is 32.7. The number of hydrogen-bond acceptors (Lipinski definition) is 6. The fraction of sp³-hybridized carbons (Fsp3) is 0.0714. The molecule has 124 heavy (non-hydrogen) atoms. The standard InChI is InChI=1S/C112H86N12/c1-65-9-49-89(113-65)105(90-50-10-66(2)114-90)81-33-17-73(18-34-81)77-25-41-85(42-26-77)109-97-57-59-99(121-97)110(86-43-27-78(28-44-86)74-19-35-82(36-20-74)106(91-51-11-67(3)115-91)92-52-12-68(4)116-92)101-61-63-103(123-101)112(88-47-31-80(32-48-88)76-23-39-84(40-24-76)108(95-55-15-71(7)119-95)96-56-16-72(8)120-96)104-64-62-102(124-104)111(100-60-58-98(109)122-100)87-45-29-79(30-46-87)75-21-37-83(38-22-75)107(93-53-13-69(5)117-93)94-54-14-70(6)118-94/h9-64,113,115,117,119,121,124H,1-8H3/b105-90-,106-92+,107-94+,108-96-,109-97?,109-98?,110-99?,110-101?,111-100?,111-102?,112-103?,112-104?. The first kappa shape index (κ1) is 75.5. The van der Waals surface area contributed by atoms with Gasteiger partial charge in [0.1, 0.15) is 0 Å². The van der Waals surface area contributed by atoms with E-state index in [1.54, 1.807) is 0 Å². The van der Waals surface area contributed by atoms with E-state index in [1.165, 1.54) is 0 Å². The molecule has 12 nitrogen and oxygen atoms in total. The summed E-state index contributed by atoms with van der Waals surface area (Å²) in [6.07, 6.45) is 25.4. The third-order valence-electron chi connectivity index (χ3n) is 24.0. The number of nitrogens with one attached hydrogen (secondary N) is 6. The molecule has 0 spiro atoms. The topological polar surface area (TPSA) is 170 Å². The minimum atomic E-state index is 0.815. The summed E-state index contributed by atoms with van der Waals surface area (Å²) in [6, 6.07) is 97.0. The molecule has 6 aliphatic heterocycles. The van der Waals surface area contributed by atoms with E-state index in [2.05, 4.69) is 397 Å². The normalized spacial score (nSPS) is 15.5. The summed E-state index contributed by atoms with van der Waals surface area (Å²) >= 11 is 0. The molecule has 6 N–H and O–H groups in total. The number of H-pyrrole nitrogens is 6. The molecule has 13 heterocycles. The van der Waals surface area contributed by atoms with Gasteiger partial charge in [0.2, 0.25) is 0 Å². The fourth-order valence-corrected chi connectivity index (χ4v) is 17.8. The van der Waals surface area contributed by atoms with Crippen LogP contribution in [0.1, 0.15) is 118 Å². The van der Waals surface area contributed by atoms with Crippen LogP contribution in [0, 0.1) is 27.7 Å². The van der Waals surface area contributed by atoms with E-state index >= 15 is 0 Å². The molecule has 8 bridgehead atoms. The van der Waals surface area contributed by atoms with Crippen LogP contribution in [0.15, 0.2) is 358 Å². The lowest BCUT2D eigenvalue weighted by Crippen LogP contribution is -1.93. The van der Waals surface area contributed by atoms with Crippen LogP contribution in [0.4, 0.5) is 0 Å². The van der Waals surface area contributed by atoms with Crippen molar-refractivity contribution in [2.75, 3.05) is 0 Å². The van der Waals surface area contributed by atoms with Crippen molar-refractivity contribution in [2.24, 2.45) is 20.0 Å². The summed E-state index contributed by atoms with van der Waals surface area (Å²) in [5.74, 6) is 0. The van der Waals surface area contributed by atoms with Gasteiger partial charge in [-0.1, -0.05) is 194 Å². The van der Waals surface area contributed by atoms with Crippen molar-refractivity contribution in [3.63, 3.8) is 0 Å². The molecule has 0 fully saturated rings. The number of nitrogens with zero attached hydrogens (tertiary/aromatic N) is 6. The van der Waals surface area contributed by atoms with E-state index < -0.39 is 0 Å². The summed E-state index contributed by atoms with van der Waals surface area (Å²) in [6.45, 7) is 16.5. The van der Waals surface area contributed by atoms with Crippen LogP contribution < -0.4 is 0 Å². The maximum Gasteiger partial charge on any atom is 0.0737 e. The molecule has 8 aromatic carbocycles. The highest BCUT2D eigenvalue weighted by molar-refractivity contribution is 6.05. The Hall–Kier alpha value is -15.9. The molecule has 0 aliphatic carbocycles. The Kier molecular flexibility index (Phi) is 19.1. The molecule has 7 aromatic heterocycles. The van der Waals surface area contributed by atoms with Gasteiger partial charge in [0.25, 0.3) is 0 Å². The Morgan fingerprint density at radius 1 is 0.177 bits per heavy atom. The van der Waals surface area contributed by atoms with E-state index in [4.69, 9.17) is 29.9 Å². The Labute approximate surface area is 720 Å². The lowest BCUT2D eigenvalue weighted by molar-refractivity contribution is 1.23. The zero-order chi connectivity index (χ0) is 83.8. The Morgan fingerprint density at radius 2 is 0.363 bits per heavy atom. The van der Waals surface area contributed by atoms with Crippen LogP contribution in [-0.4, -0.2) is 62.7 Å². The van der Waals surface area contributed by atoms with Crippen molar-refractivity contribution in [3.8, 4) is 89.0 Å². The maximum absolute atomic E-state index is 5.81. The maximum atomic E-state index is 5.81. The van der Waals surface area contributed by atoms with Gasteiger partial charge in [-0.2, -0.15) is 0 Å². The molecular formula is C112H86N12. The van der Waals surface area contributed by atoms with E-state index in [0.717, 1.165) is 270 Å². The number of aromatic nitrogens is 8. The SMILES string of the molecule is CC1=N/C(=C(/c2ccc(-c3ccc(-c4c5nc(c(-c6ccc(-c7ccc(/C(=C8/C=CC(C)=N8)c8ccc(C)[nH]8)cc7)cc6)c6ccc([nH]6)c(-c6ccc(-c7ccc(/C(=C8\C=CC(C)=N8)c8ccc(C)[nH]8)cc7)cc6)c6nc(c(-c7ccc(-c8ccc(/C(=C9/C=CC(C)=N9)c9ccc(C)[nH]9)cc8)cc7)c7ccc4[nH]7)C=C6)C=C5)cc3)cc2)c2ccc(C)[nH]2)C=C1. The highest BCUT2D eigenvalue weighted by atomic mass is 14.8. The first-order chi connectivity index (χ1) is 60.6. The fourth-order valence-electron chi connectivity index (χ4n) is 17.8. The third kappa shape index (κ3) is 14.5. The second-order valence-corrected chi connectivity index (χ2v) is 32.7. The smallest absolute Gasteiger partial charge is 0.0737 e. The summed E-state index contributed by atoms with van der Waals surface area (Å²) in [5, 5.41) is 0. The summed E-state index contributed by atoms with van der Waals surface area (Å²) in [4.78, 5) is 53.8. The first-order valence-corrected chi connectivity index (χ1v) is 42.2. The summed E-state index contributed by atoms with van der Waals surface area (Å²) < 4.78 is 0. The van der Waals surface area contributed by atoms with E-state index in [9.17, 15) is 0 Å². The van der Waals surface area contributed by atoms with Gasteiger partial charge in [0.05, 0.1) is 45.6 Å². The monoisotopic (exact) mass is 1600 g/mol. The number of rotatable bonds is 16. The third-order valence-corrected chi connectivity index (χ3v) is 24.0. The van der Waals surface area contributed by atoms with E-state index in [1.807, 2.05) is 27.7 Å². The second kappa shape index (κ2) is 31.3. The Bertz CT molecular complexity index is 6650. The first-order valence-electron chi connectivity index (χ1n) is 42.2. The van der Waals surface area contributed by atoms with Crippen molar-refractivity contribution in [1.29, 1.82) is 0 Å². The molecule has 15 aromatic rings. The molecule has 0 radical (unpaired) electrons. The number of allylic oxidation sites excluding steroid dienone is 8. The molecule has 0 amide bonds. The predicted molar refractivity (Wildman–Crippen MR) is 518 cm³/mol. The van der Waals surface area contributed by atoms with Gasteiger partial charge in [-0.05, 0) is 290 Å². The van der Waals surface area contributed by atoms with Crippen LogP contribution >= 0.6 is 0 Å². The number of aromatic amines is 6. The van der Waals surface area contributed by atoms with Crippen LogP contribution in [-0.2, 0) is 0 Å². The lowest BCUT2D eigenvalue weighted by atomic mass is 9.96. The number of benzene rings is 8. The van der Waals surface area contributed by atoms with Crippen LogP contribution in [0.5, 0.6) is 0 Å². The van der Waals surface area contributed by atoms with Crippen molar-refractivity contribution < 1.29 is 0 Å². The van der Waals surface area contributed by atoms with Crippen LogP contribution in [0.2, 0.25) is 0 Å². The number of hydrogen-bond donors (Lipinski definition) is 6. The Morgan fingerprint density at radius 3 is 0.532 bits per heavy atom. The highest BCUT2D eigenvalue weighted by Gasteiger charge is 2.25. The van der Waals surface area contributed by atoms with Gasteiger partial charge in [0.15, 0.2) is 0 Å². The van der Waals surface area contributed by atoms with Crippen molar-refractivity contribution in [3.05, 3.63) is 429 Å². The largest absolute Gasteiger partial charge is 0.359 e. The lowest BCUT2D eigenvalue weighted by Gasteiger charge is -2.11. The number of aliphatic imine (C=N–C) groups is 4. The number of aryl methyl sites for hydroxylation is 4. The summed E-state index contributed by atoms with van der Waals surface area (Å²) in [7, 11) is 0. The molecule has 594 valence electrons. The Balaban J connectivity index is 0.720. The average molecular weight is 1600 g/mol. The molecule has 0 saturated heterocycles. The van der Waals surface area contributed by atoms with Crippen LogP contribution in [0.3, 0.4) is 0 Å². The van der Waals surface area contributed by atoms with Crippen LogP contribution in [0.25, 0.3) is 158 Å². The van der Waals surface area contributed by atoms with E-state index in [0.29, 0.717) is 0 Å². The van der Waals surface area contributed by atoms with Crippen molar-refractivity contribution >= 4 is 91.5 Å². The molecule has 0 saturated carbocycles. The zero-order valence-electron chi connectivity index (χ0n) is 70.0.